The Morgan fingerprint density at radius 2 is 1.63 bits per heavy atom. The van der Waals surface area contributed by atoms with Crippen molar-refractivity contribution in [2.45, 2.75) is 125 Å². The molecule has 43 heavy (non-hydrogen) atoms. The van der Waals surface area contributed by atoms with Crippen molar-refractivity contribution in [2.75, 3.05) is 39.5 Å². The first-order chi connectivity index (χ1) is 20.5. The third kappa shape index (κ3) is 8.07. The molecule has 0 aliphatic heterocycles. The second-order valence-electron chi connectivity index (χ2n) is 15.3. The van der Waals surface area contributed by atoms with Crippen molar-refractivity contribution in [2.24, 2.45) is 46.3 Å². The average molecular weight is 602 g/mol. The van der Waals surface area contributed by atoms with E-state index in [1.165, 1.54) is 57.8 Å². The summed E-state index contributed by atoms with van der Waals surface area (Å²) in [4.78, 5) is 26.0. The summed E-state index contributed by atoms with van der Waals surface area (Å²) in [6.45, 7) is 18.0. The molecule has 0 aromatic heterocycles. The number of fused-ring (bicyclic) bond motifs is 5. The second kappa shape index (κ2) is 15.3. The molecule has 0 bridgehead atoms. The minimum Gasteiger partial charge on any atom is -0.465 e. The van der Waals surface area contributed by atoms with Gasteiger partial charge in [0.15, 0.2) is 0 Å². The monoisotopic (exact) mass is 601 g/mol. The average Bonchev–Trinajstić information content (AvgIpc) is 3.30. The van der Waals surface area contributed by atoms with E-state index < -0.39 is 0 Å². The lowest BCUT2D eigenvalue weighted by molar-refractivity contribution is -0.148. The molecular formula is C37H63NO5. The number of esters is 2. The third-order valence-corrected chi connectivity index (χ3v) is 12.3. The molecule has 0 saturated heterocycles. The molecule has 8 unspecified atom stereocenters. The van der Waals surface area contributed by atoms with Gasteiger partial charge in [0.25, 0.3) is 0 Å². The number of hydrogen-bond acceptors (Lipinski definition) is 6. The van der Waals surface area contributed by atoms with Crippen LogP contribution >= 0.6 is 0 Å². The smallest absolute Gasteiger partial charge is 0.320 e. The number of rotatable bonds is 15. The number of carbonyl (C=O) groups is 2. The highest BCUT2D eigenvalue weighted by Gasteiger charge is 2.59. The number of carbonyl (C=O) groups excluding carboxylic acids is 2. The lowest BCUT2D eigenvalue weighted by Gasteiger charge is -2.58. The molecule has 0 spiro atoms. The van der Waals surface area contributed by atoms with Crippen LogP contribution in [0.25, 0.3) is 0 Å². The van der Waals surface area contributed by atoms with Gasteiger partial charge in [-0.3, -0.25) is 14.5 Å². The molecule has 0 aromatic rings. The topological polar surface area (TPSA) is 65.1 Å². The Labute approximate surface area is 263 Å². The zero-order valence-corrected chi connectivity index (χ0v) is 28.6. The number of nitrogens with zero attached hydrogens (tertiary/aromatic N) is 1. The maximum absolute atomic E-state index is 12.1. The van der Waals surface area contributed by atoms with Crippen LogP contribution in [0.5, 0.6) is 0 Å². The van der Waals surface area contributed by atoms with E-state index in [-0.39, 0.29) is 31.1 Å². The summed E-state index contributed by atoms with van der Waals surface area (Å²) in [5.41, 5.74) is 2.48. The molecule has 0 N–H and O–H groups in total. The normalized spacial score (nSPS) is 34.3. The fraction of sp³-hybridized carbons (Fsp3) is 0.892. The summed E-state index contributed by atoms with van der Waals surface area (Å²) in [6, 6.07) is 0. The predicted octanol–water partition coefficient (Wildman–Crippen LogP) is 7.84. The summed E-state index contributed by atoms with van der Waals surface area (Å²) in [5, 5.41) is 0. The van der Waals surface area contributed by atoms with Crippen LogP contribution in [0.2, 0.25) is 0 Å². The minimum atomic E-state index is -0.320. The van der Waals surface area contributed by atoms with Gasteiger partial charge in [0.2, 0.25) is 0 Å². The second-order valence-corrected chi connectivity index (χ2v) is 15.3. The standard InChI is InChI=1S/C37H63NO5/c1-8-41-34(39)24-38(25-35(40)42-9-2)21-22-43-29-17-19-36(6)28(23-29)13-14-30-32-16-15-31(27(5)12-10-11-26(3)4)37(32,7)20-18-33(30)36/h13,26-27,29-33H,8-12,14-25H2,1-7H3. The number of hydrogen-bond donors (Lipinski definition) is 0. The lowest BCUT2D eigenvalue weighted by atomic mass is 9.47. The van der Waals surface area contributed by atoms with Crippen LogP contribution in [-0.4, -0.2) is 62.4 Å². The first kappa shape index (κ1) is 34.5. The minimum absolute atomic E-state index is 0.0740. The molecule has 6 heteroatoms. The molecule has 3 saturated carbocycles. The highest BCUT2D eigenvalue weighted by atomic mass is 16.5. The van der Waals surface area contributed by atoms with Crippen molar-refractivity contribution >= 4 is 11.9 Å². The summed E-state index contributed by atoms with van der Waals surface area (Å²) in [7, 11) is 0. The molecule has 4 aliphatic rings. The van der Waals surface area contributed by atoms with E-state index in [1.54, 1.807) is 24.3 Å². The zero-order valence-electron chi connectivity index (χ0n) is 28.6. The van der Waals surface area contributed by atoms with E-state index in [0.29, 0.717) is 37.2 Å². The van der Waals surface area contributed by atoms with E-state index in [2.05, 4.69) is 40.7 Å². The largest absolute Gasteiger partial charge is 0.465 e. The summed E-state index contributed by atoms with van der Waals surface area (Å²) in [5.74, 6) is 4.48. The van der Waals surface area contributed by atoms with E-state index in [1.807, 2.05) is 0 Å². The summed E-state index contributed by atoms with van der Waals surface area (Å²) < 4.78 is 16.6. The molecular weight excluding hydrogens is 538 g/mol. The molecule has 0 radical (unpaired) electrons. The van der Waals surface area contributed by atoms with Crippen LogP contribution in [0.15, 0.2) is 11.6 Å². The van der Waals surface area contributed by atoms with Crippen LogP contribution < -0.4 is 0 Å². The van der Waals surface area contributed by atoms with Crippen LogP contribution in [0.3, 0.4) is 0 Å². The Kier molecular flexibility index (Phi) is 12.2. The molecule has 0 amide bonds. The van der Waals surface area contributed by atoms with Crippen LogP contribution in [0.4, 0.5) is 0 Å². The lowest BCUT2D eigenvalue weighted by Crippen LogP contribution is -2.51. The van der Waals surface area contributed by atoms with Crippen molar-refractivity contribution in [3.05, 3.63) is 11.6 Å². The highest BCUT2D eigenvalue weighted by Crippen LogP contribution is 2.67. The fourth-order valence-electron chi connectivity index (χ4n) is 10.1. The number of allylic oxidation sites excluding steroid dienone is 1. The van der Waals surface area contributed by atoms with Crippen molar-refractivity contribution in [3.63, 3.8) is 0 Å². The Morgan fingerprint density at radius 1 is 0.930 bits per heavy atom. The van der Waals surface area contributed by atoms with E-state index in [0.717, 1.165) is 48.3 Å². The van der Waals surface area contributed by atoms with E-state index >= 15 is 0 Å². The van der Waals surface area contributed by atoms with Gasteiger partial charge in [-0.05, 0) is 112 Å². The van der Waals surface area contributed by atoms with Gasteiger partial charge >= 0.3 is 11.9 Å². The molecule has 0 aromatic carbocycles. The Bertz CT molecular complexity index is 943. The molecule has 4 rings (SSSR count). The molecule has 3 fully saturated rings. The van der Waals surface area contributed by atoms with Gasteiger partial charge in [0, 0.05) is 6.54 Å². The number of ether oxygens (including phenoxy) is 3. The van der Waals surface area contributed by atoms with E-state index in [4.69, 9.17) is 14.2 Å². The van der Waals surface area contributed by atoms with E-state index in [9.17, 15) is 9.59 Å². The van der Waals surface area contributed by atoms with Crippen LogP contribution in [-0.2, 0) is 23.8 Å². The first-order valence-corrected chi connectivity index (χ1v) is 17.9. The van der Waals surface area contributed by atoms with Crippen molar-refractivity contribution in [3.8, 4) is 0 Å². The van der Waals surface area contributed by atoms with Gasteiger partial charge in [-0.2, -0.15) is 0 Å². The van der Waals surface area contributed by atoms with Gasteiger partial charge in [0.1, 0.15) is 0 Å². The Hall–Kier alpha value is -1.40. The zero-order chi connectivity index (χ0) is 31.2. The van der Waals surface area contributed by atoms with Gasteiger partial charge < -0.3 is 14.2 Å². The molecule has 6 nitrogen and oxygen atoms in total. The first-order valence-electron chi connectivity index (χ1n) is 17.9. The predicted molar refractivity (Wildman–Crippen MR) is 172 cm³/mol. The van der Waals surface area contributed by atoms with Crippen LogP contribution in [0, 0.1) is 46.3 Å². The van der Waals surface area contributed by atoms with Crippen molar-refractivity contribution < 1.29 is 23.8 Å². The highest BCUT2D eigenvalue weighted by molar-refractivity contribution is 5.75. The molecule has 246 valence electrons. The van der Waals surface area contributed by atoms with Gasteiger partial charge in [-0.1, -0.05) is 65.5 Å². The van der Waals surface area contributed by atoms with Crippen molar-refractivity contribution in [1.29, 1.82) is 0 Å². The van der Waals surface area contributed by atoms with Gasteiger partial charge in [0.05, 0.1) is 39.0 Å². The third-order valence-electron chi connectivity index (χ3n) is 12.3. The molecule has 0 heterocycles. The Balaban J connectivity index is 1.33. The van der Waals surface area contributed by atoms with Crippen molar-refractivity contribution in [1.82, 2.24) is 4.90 Å². The maximum atomic E-state index is 12.1. The maximum Gasteiger partial charge on any atom is 0.320 e. The summed E-state index contributed by atoms with van der Waals surface area (Å²) in [6.07, 6.45) is 17.3. The van der Waals surface area contributed by atoms with Gasteiger partial charge in [-0.25, -0.2) is 0 Å². The fourth-order valence-corrected chi connectivity index (χ4v) is 10.1. The SMILES string of the molecule is CCOC(=O)CN(CCOC1CCC2(C)C(=CCC3C2CCC2(C)C(C(C)CCCC(C)C)CCC32)C1)CC(=O)OCC. The van der Waals surface area contributed by atoms with Crippen LogP contribution in [0.1, 0.15) is 119 Å². The quantitative estimate of drug-likeness (QED) is 0.141. The molecule has 4 aliphatic carbocycles. The van der Waals surface area contributed by atoms with Gasteiger partial charge in [-0.15, -0.1) is 0 Å². The Morgan fingerprint density at radius 3 is 2.28 bits per heavy atom. The molecule has 8 atom stereocenters. The summed E-state index contributed by atoms with van der Waals surface area (Å²) >= 11 is 0.